The zero-order valence-corrected chi connectivity index (χ0v) is 11.5. The van der Waals surface area contributed by atoms with Gasteiger partial charge < -0.3 is 15.4 Å². The van der Waals surface area contributed by atoms with E-state index in [1.54, 1.807) is 26.0 Å². The van der Waals surface area contributed by atoms with Gasteiger partial charge in [-0.1, -0.05) is 0 Å². The number of benzene rings is 1. The number of hydrogen-bond donors (Lipinski definition) is 2. The predicted molar refractivity (Wildman–Crippen MR) is 71.3 cm³/mol. The lowest BCUT2D eigenvalue weighted by atomic mass is 10.0. The quantitative estimate of drug-likeness (QED) is 0.889. The first-order valence-corrected chi connectivity index (χ1v) is 6.55. The number of hydrogen-bond acceptors (Lipinski definition) is 3. The van der Waals surface area contributed by atoms with E-state index in [4.69, 9.17) is 0 Å². The van der Waals surface area contributed by atoms with Crippen molar-refractivity contribution in [2.45, 2.75) is 32.9 Å². The molecule has 0 bridgehead atoms. The van der Waals surface area contributed by atoms with E-state index in [9.17, 15) is 13.6 Å². The summed E-state index contributed by atoms with van der Waals surface area (Å²) in [4.78, 5) is 12.1. The predicted octanol–water partition coefficient (Wildman–Crippen LogP) is 2.00. The highest BCUT2D eigenvalue weighted by Crippen LogP contribution is 2.26. The Morgan fingerprint density at radius 1 is 1.40 bits per heavy atom. The minimum atomic E-state index is -2.86. The number of amides is 1. The average Bonchev–Trinajstić information content (AvgIpc) is 2.86. The molecule has 0 saturated carbocycles. The maximum absolute atomic E-state index is 12.3. The zero-order chi connectivity index (χ0) is 14.7. The number of carbonyl (C=O) groups excluding carboxylic acids is 1. The highest BCUT2D eigenvalue weighted by Gasteiger charge is 2.19. The normalized spacial score (nSPS) is 18.4. The fraction of sp³-hybridized carbons (Fsp3) is 0.500. The monoisotopic (exact) mass is 284 g/mol. The van der Waals surface area contributed by atoms with Crippen LogP contribution in [0.25, 0.3) is 0 Å². The first kappa shape index (κ1) is 14.7. The largest absolute Gasteiger partial charge is 0.434 e. The summed E-state index contributed by atoms with van der Waals surface area (Å²) in [7, 11) is 0. The van der Waals surface area contributed by atoms with E-state index in [0.717, 1.165) is 19.5 Å². The number of ether oxygens (including phenoxy) is 1. The molecule has 0 aromatic heterocycles. The SMILES string of the molecule is Cc1cc(C(=O)NC2CCNC2)cc(C)c1OC(F)F. The van der Waals surface area contributed by atoms with Gasteiger partial charge in [-0.3, -0.25) is 4.79 Å². The fourth-order valence-corrected chi connectivity index (χ4v) is 2.40. The van der Waals surface area contributed by atoms with Gasteiger partial charge in [0.25, 0.3) is 5.91 Å². The van der Waals surface area contributed by atoms with Crippen LogP contribution in [0, 0.1) is 13.8 Å². The molecule has 0 aliphatic carbocycles. The van der Waals surface area contributed by atoms with Gasteiger partial charge in [-0.15, -0.1) is 0 Å². The van der Waals surface area contributed by atoms with Gasteiger partial charge in [-0.25, -0.2) is 0 Å². The van der Waals surface area contributed by atoms with E-state index in [0.29, 0.717) is 16.7 Å². The van der Waals surface area contributed by atoms with E-state index in [1.807, 2.05) is 0 Å². The molecule has 1 aliphatic heterocycles. The van der Waals surface area contributed by atoms with Crippen molar-refractivity contribution < 1.29 is 18.3 Å². The number of alkyl halides is 2. The van der Waals surface area contributed by atoms with E-state index in [-0.39, 0.29) is 17.7 Å². The third-order valence-electron chi connectivity index (χ3n) is 3.32. The molecule has 1 unspecified atom stereocenters. The maximum atomic E-state index is 12.3. The summed E-state index contributed by atoms with van der Waals surface area (Å²) in [5.74, 6) is -0.0485. The molecular weight excluding hydrogens is 266 g/mol. The summed E-state index contributed by atoms with van der Waals surface area (Å²) < 4.78 is 29.1. The molecule has 4 nitrogen and oxygen atoms in total. The second kappa shape index (κ2) is 6.17. The van der Waals surface area contributed by atoms with Gasteiger partial charge in [0.1, 0.15) is 5.75 Å². The van der Waals surface area contributed by atoms with Crippen LogP contribution < -0.4 is 15.4 Å². The van der Waals surface area contributed by atoms with Crippen molar-refractivity contribution in [2.75, 3.05) is 13.1 Å². The number of carbonyl (C=O) groups is 1. The number of aryl methyl sites for hydroxylation is 2. The molecule has 1 heterocycles. The smallest absolute Gasteiger partial charge is 0.387 e. The Bertz CT molecular complexity index is 477. The molecule has 1 amide bonds. The molecule has 1 aliphatic rings. The van der Waals surface area contributed by atoms with E-state index >= 15 is 0 Å². The van der Waals surface area contributed by atoms with Crippen LogP contribution in [0.1, 0.15) is 27.9 Å². The summed E-state index contributed by atoms with van der Waals surface area (Å²) in [6, 6.07) is 3.27. The first-order valence-electron chi connectivity index (χ1n) is 6.55. The fourth-order valence-electron chi connectivity index (χ4n) is 2.40. The van der Waals surface area contributed by atoms with Gasteiger partial charge >= 0.3 is 6.61 Å². The van der Waals surface area contributed by atoms with Crippen LogP contribution in [0.2, 0.25) is 0 Å². The summed E-state index contributed by atoms with van der Waals surface area (Å²) in [5.41, 5.74) is 1.52. The lowest BCUT2D eigenvalue weighted by Gasteiger charge is -2.15. The van der Waals surface area contributed by atoms with Gasteiger partial charge in [0, 0.05) is 18.2 Å². The number of rotatable bonds is 4. The molecule has 6 heteroatoms. The topological polar surface area (TPSA) is 50.4 Å². The molecule has 0 spiro atoms. The Morgan fingerprint density at radius 3 is 2.55 bits per heavy atom. The first-order chi connectivity index (χ1) is 9.47. The maximum Gasteiger partial charge on any atom is 0.387 e. The Hall–Kier alpha value is -1.69. The van der Waals surface area contributed by atoms with Crippen LogP contribution in [0.3, 0.4) is 0 Å². The molecule has 1 aromatic carbocycles. The molecule has 1 aromatic rings. The molecule has 2 N–H and O–H groups in total. The van der Waals surface area contributed by atoms with Gasteiger partial charge in [0.05, 0.1) is 0 Å². The van der Waals surface area contributed by atoms with E-state index in [2.05, 4.69) is 15.4 Å². The Balaban J connectivity index is 2.14. The lowest BCUT2D eigenvalue weighted by molar-refractivity contribution is -0.0507. The standard InChI is InChI=1S/C14H18F2N2O2/c1-8-5-10(6-9(2)12(8)20-14(15)16)13(19)18-11-3-4-17-7-11/h5-6,11,14,17H,3-4,7H2,1-2H3,(H,18,19). The third-order valence-corrected chi connectivity index (χ3v) is 3.32. The molecule has 1 saturated heterocycles. The Labute approximate surface area is 116 Å². The van der Waals surface area contributed by atoms with Crippen molar-refractivity contribution in [3.05, 3.63) is 28.8 Å². The molecular formula is C14H18F2N2O2. The number of halogens is 2. The Morgan fingerprint density at radius 2 is 2.05 bits per heavy atom. The van der Waals surface area contributed by atoms with Crippen LogP contribution in [-0.2, 0) is 0 Å². The van der Waals surface area contributed by atoms with Crippen LogP contribution in [-0.4, -0.2) is 31.7 Å². The minimum Gasteiger partial charge on any atom is -0.434 e. The lowest BCUT2D eigenvalue weighted by Crippen LogP contribution is -2.36. The van der Waals surface area contributed by atoms with Gasteiger partial charge in [-0.2, -0.15) is 8.78 Å². The summed E-state index contributed by atoms with van der Waals surface area (Å²) in [6.07, 6.45) is 0.899. The number of nitrogens with one attached hydrogen (secondary N) is 2. The molecule has 0 radical (unpaired) electrons. The Kier molecular flexibility index (Phi) is 4.54. The van der Waals surface area contributed by atoms with Crippen LogP contribution in [0.4, 0.5) is 8.78 Å². The van der Waals surface area contributed by atoms with Crippen molar-refractivity contribution in [1.29, 1.82) is 0 Å². The molecule has 110 valence electrons. The second-order valence-electron chi connectivity index (χ2n) is 4.98. The van der Waals surface area contributed by atoms with E-state index in [1.165, 1.54) is 0 Å². The van der Waals surface area contributed by atoms with Crippen molar-refractivity contribution in [2.24, 2.45) is 0 Å². The molecule has 20 heavy (non-hydrogen) atoms. The molecule has 2 rings (SSSR count). The van der Waals surface area contributed by atoms with Crippen molar-refractivity contribution >= 4 is 5.91 Å². The summed E-state index contributed by atoms with van der Waals surface area (Å²) in [6.45, 7) is 2.09. The van der Waals surface area contributed by atoms with Gasteiger partial charge in [0.2, 0.25) is 0 Å². The van der Waals surface area contributed by atoms with Crippen molar-refractivity contribution in [3.8, 4) is 5.75 Å². The summed E-state index contributed by atoms with van der Waals surface area (Å²) >= 11 is 0. The van der Waals surface area contributed by atoms with E-state index < -0.39 is 6.61 Å². The highest BCUT2D eigenvalue weighted by molar-refractivity contribution is 5.95. The van der Waals surface area contributed by atoms with Crippen molar-refractivity contribution in [1.82, 2.24) is 10.6 Å². The van der Waals surface area contributed by atoms with Crippen LogP contribution >= 0.6 is 0 Å². The minimum absolute atomic E-state index is 0.125. The zero-order valence-electron chi connectivity index (χ0n) is 11.5. The highest BCUT2D eigenvalue weighted by atomic mass is 19.3. The van der Waals surface area contributed by atoms with Crippen LogP contribution in [0.15, 0.2) is 12.1 Å². The van der Waals surface area contributed by atoms with Gasteiger partial charge in [-0.05, 0) is 50.1 Å². The van der Waals surface area contributed by atoms with Gasteiger partial charge in [0.15, 0.2) is 0 Å². The second-order valence-corrected chi connectivity index (χ2v) is 4.98. The third kappa shape index (κ3) is 3.45. The molecule has 1 fully saturated rings. The summed E-state index contributed by atoms with van der Waals surface area (Å²) in [5, 5.41) is 6.08. The average molecular weight is 284 g/mol. The molecule has 1 atom stereocenters. The van der Waals surface area contributed by atoms with Crippen molar-refractivity contribution in [3.63, 3.8) is 0 Å². The van der Waals surface area contributed by atoms with Crippen LogP contribution in [0.5, 0.6) is 5.75 Å².